The monoisotopic (exact) mass is 720 g/mol. The molecule has 11 heteroatoms. The van der Waals surface area contributed by atoms with Crippen LogP contribution < -0.4 is 14.8 Å². The van der Waals surface area contributed by atoms with Crippen LogP contribution in [0.4, 0.5) is 11.4 Å². The molecule has 2 N–H and O–H groups in total. The minimum absolute atomic E-state index is 0.0175. The molecule has 0 amide bonds. The van der Waals surface area contributed by atoms with Gasteiger partial charge in [-0.25, -0.2) is 0 Å². The van der Waals surface area contributed by atoms with Crippen molar-refractivity contribution in [3.63, 3.8) is 0 Å². The lowest BCUT2D eigenvalue weighted by molar-refractivity contribution is -0.188. The van der Waals surface area contributed by atoms with Gasteiger partial charge in [0.15, 0.2) is 23.4 Å². The van der Waals surface area contributed by atoms with Gasteiger partial charge in [-0.1, -0.05) is 53.5 Å². The molecule has 0 radical (unpaired) electrons. The van der Waals surface area contributed by atoms with E-state index < -0.39 is 23.1 Å². The SMILES string of the molecule is O=C(CCOCCOCCc1ccccc1Nc1c(Cl)cccc1Cl)Oc1ccc2c3c1OC1C(=O)CC[C@@]4(O)[C@@H](C2)N(CC2CC2)CC[C@]314. The highest BCUT2D eigenvalue weighted by molar-refractivity contribution is 6.39. The number of hydrogen-bond donors (Lipinski definition) is 2. The Morgan fingerprint density at radius 2 is 1.76 bits per heavy atom. The van der Waals surface area contributed by atoms with E-state index in [0.717, 1.165) is 35.5 Å². The molecule has 3 aromatic carbocycles. The van der Waals surface area contributed by atoms with E-state index >= 15 is 0 Å². The highest BCUT2D eigenvalue weighted by atomic mass is 35.5. The smallest absolute Gasteiger partial charge is 0.313 e. The Bertz CT molecular complexity index is 1780. The molecule has 3 aromatic rings. The fraction of sp³-hybridized carbons (Fsp3) is 0.487. The number of hydrogen-bond acceptors (Lipinski definition) is 9. The summed E-state index contributed by atoms with van der Waals surface area (Å²) in [5.74, 6) is 1.03. The van der Waals surface area contributed by atoms with Gasteiger partial charge in [-0.2, -0.15) is 0 Å². The van der Waals surface area contributed by atoms with Crippen LogP contribution in [0.2, 0.25) is 10.0 Å². The molecule has 1 spiro atoms. The second kappa shape index (κ2) is 13.7. The number of nitrogens with zero attached hydrogens (tertiary/aromatic N) is 1. The predicted octanol–water partition coefficient (Wildman–Crippen LogP) is 6.44. The van der Waals surface area contributed by atoms with Gasteiger partial charge in [0.25, 0.3) is 0 Å². The average Bonchev–Trinajstić information content (AvgIpc) is 3.85. The van der Waals surface area contributed by atoms with E-state index in [2.05, 4.69) is 10.2 Å². The van der Waals surface area contributed by atoms with Crippen molar-refractivity contribution in [2.24, 2.45) is 5.92 Å². The maximum absolute atomic E-state index is 13.3. The number of anilines is 2. The molecule has 2 bridgehead atoms. The number of ketones is 1. The summed E-state index contributed by atoms with van der Waals surface area (Å²) in [6, 6.07) is 17.0. The number of likely N-dealkylation sites (tertiary alicyclic amines) is 1. The van der Waals surface area contributed by atoms with Gasteiger partial charge in [0.2, 0.25) is 0 Å². The Morgan fingerprint density at radius 1 is 0.980 bits per heavy atom. The summed E-state index contributed by atoms with van der Waals surface area (Å²) in [6.45, 7) is 3.20. The van der Waals surface area contributed by atoms with E-state index in [1.54, 1.807) is 24.3 Å². The standard InChI is InChI=1S/C39H42Cl2N2O7/c40-27-5-3-6-28(41)35(27)42-29-7-2-1-4-25(29)13-18-47-20-21-48-19-14-33(45)49-31-11-10-26-22-32-39(46)15-12-30(44)37-38(39,34(26)36(31)50-37)16-17-43(32)23-24-8-9-24/h1-7,10-11,24,32,37,42,46H,8-9,12-23H2/t32-,37?,38+,39-/m1/s1. The Morgan fingerprint density at radius 3 is 2.56 bits per heavy atom. The lowest BCUT2D eigenvalue weighted by Crippen LogP contribution is -2.76. The van der Waals surface area contributed by atoms with Crippen LogP contribution in [-0.4, -0.2) is 79.0 Å². The maximum atomic E-state index is 13.3. The quantitative estimate of drug-likeness (QED) is 0.111. The molecule has 264 valence electrons. The summed E-state index contributed by atoms with van der Waals surface area (Å²) >= 11 is 12.7. The fourth-order valence-corrected chi connectivity index (χ4v) is 9.27. The van der Waals surface area contributed by atoms with E-state index in [9.17, 15) is 14.7 Å². The van der Waals surface area contributed by atoms with Crippen LogP contribution in [0.25, 0.3) is 0 Å². The van der Waals surface area contributed by atoms with Crippen LogP contribution in [0.5, 0.6) is 11.5 Å². The van der Waals surface area contributed by atoms with Crippen LogP contribution in [0.3, 0.4) is 0 Å². The van der Waals surface area contributed by atoms with Crippen molar-refractivity contribution in [1.82, 2.24) is 4.90 Å². The van der Waals surface area contributed by atoms with E-state index in [4.69, 9.17) is 42.1 Å². The van der Waals surface area contributed by atoms with Crippen molar-refractivity contribution in [2.45, 2.75) is 74.5 Å². The number of carbonyl (C=O) groups excluding carboxylic acids is 2. The summed E-state index contributed by atoms with van der Waals surface area (Å²) in [6.07, 6.45) is 4.55. The molecule has 1 saturated heterocycles. The topological polar surface area (TPSA) is 107 Å². The normalized spacial score (nSPS) is 26.3. The summed E-state index contributed by atoms with van der Waals surface area (Å²) in [5, 5.41) is 16.9. The first kappa shape index (κ1) is 33.9. The van der Waals surface area contributed by atoms with Gasteiger partial charge < -0.3 is 29.4 Å². The lowest BCUT2D eigenvalue weighted by Gasteiger charge is -2.62. The van der Waals surface area contributed by atoms with Crippen molar-refractivity contribution >= 4 is 46.3 Å². The Kier molecular flexibility index (Phi) is 9.33. The first-order valence-electron chi connectivity index (χ1n) is 17.8. The fourth-order valence-electron chi connectivity index (χ4n) is 8.78. The van der Waals surface area contributed by atoms with E-state index in [1.165, 1.54) is 12.8 Å². The lowest BCUT2D eigenvalue weighted by atomic mass is 9.49. The van der Waals surface area contributed by atoms with E-state index in [0.29, 0.717) is 85.1 Å². The zero-order valence-electron chi connectivity index (χ0n) is 27.9. The summed E-state index contributed by atoms with van der Waals surface area (Å²) in [4.78, 5) is 28.7. The van der Waals surface area contributed by atoms with Crippen LogP contribution in [0.1, 0.15) is 55.2 Å². The van der Waals surface area contributed by atoms with Crippen molar-refractivity contribution < 1.29 is 33.6 Å². The number of carbonyl (C=O) groups is 2. The summed E-state index contributed by atoms with van der Waals surface area (Å²) in [7, 11) is 0. The largest absolute Gasteiger partial charge is 0.477 e. The average molecular weight is 722 g/mol. The molecule has 1 unspecified atom stereocenters. The number of aliphatic hydroxyl groups is 1. The molecule has 0 aromatic heterocycles. The first-order chi connectivity index (χ1) is 24.3. The van der Waals surface area contributed by atoms with Gasteiger partial charge in [0.1, 0.15) is 0 Å². The van der Waals surface area contributed by atoms with E-state index in [1.807, 2.05) is 30.3 Å². The molecule has 2 aliphatic heterocycles. The number of ether oxygens (including phenoxy) is 4. The molecule has 3 fully saturated rings. The molecule has 4 atom stereocenters. The molecular formula is C39H42Cl2N2O7. The van der Waals surface area contributed by atoms with E-state index in [-0.39, 0.29) is 24.9 Å². The Hall–Kier alpha value is -3.18. The van der Waals surface area contributed by atoms with Gasteiger partial charge in [-0.15, -0.1) is 0 Å². The maximum Gasteiger partial charge on any atom is 0.313 e. The molecule has 9 nitrogen and oxygen atoms in total. The van der Waals surface area contributed by atoms with Gasteiger partial charge in [-0.3, -0.25) is 14.5 Å². The number of rotatable bonds is 14. The number of piperidine rings is 1. The molecule has 3 aliphatic carbocycles. The number of nitrogens with one attached hydrogen (secondary N) is 1. The predicted molar refractivity (Wildman–Crippen MR) is 190 cm³/mol. The van der Waals surface area contributed by atoms with Crippen molar-refractivity contribution in [2.75, 3.05) is 44.8 Å². The number of halogens is 2. The van der Waals surface area contributed by atoms with Crippen molar-refractivity contribution in [1.29, 1.82) is 0 Å². The third-order valence-corrected chi connectivity index (χ3v) is 12.0. The van der Waals surface area contributed by atoms with Gasteiger partial charge in [0, 0.05) is 30.3 Å². The minimum atomic E-state index is -1.06. The molecule has 50 heavy (non-hydrogen) atoms. The zero-order valence-corrected chi connectivity index (χ0v) is 29.4. The number of Topliss-reactive ketones (excluding diaryl/α,β-unsaturated/α-hetero) is 1. The van der Waals surface area contributed by atoms with Crippen molar-refractivity contribution in [3.05, 3.63) is 81.3 Å². The van der Waals surface area contributed by atoms with Crippen LogP contribution in [0.15, 0.2) is 54.6 Å². The number of para-hydroxylation sites is 2. The summed E-state index contributed by atoms with van der Waals surface area (Å²) < 4.78 is 23.7. The molecule has 8 rings (SSSR count). The minimum Gasteiger partial charge on any atom is -0.477 e. The van der Waals surface area contributed by atoms with Crippen LogP contribution in [0, 0.1) is 5.92 Å². The Labute approximate surface area is 302 Å². The molecular weight excluding hydrogens is 679 g/mol. The molecule has 5 aliphatic rings. The van der Waals surface area contributed by atoms with Crippen LogP contribution >= 0.6 is 23.2 Å². The van der Waals surface area contributed by atoms with Gasteiger partial charge >= 0.3 is 5.97 Å². The number of esters is 1. The third-order valence-electron chi connectivity index (χ3n) is 11.3. The third kappa shape index (κ3) is 5.99. The van der Waals surface area contributed by atoms with Crippen LogP contribution in [-0.2, 0) is 37.3 Å². The summed E-state index contributed by atoms with van der Waals surface area (Å²) in [5.41, 5.74) is 2.74. The zero-order chi connectivity index (χ0) is 34.5. The van der Waals surface area contributed by atoms with Gasteiger partial charge in [0.05, 0.1) is 59.6 Å². The second-order valence-corrected chi connectivity index (χ2v) is 15.1. The van der Waals surface area contributed by atoms with Gasteiger partial charge in [-0.05, 0) is 86.4 Å². The molecule has 2 saturated carbocycles. The number of benzene rings is 3. The Balaban J connectivity index is 0.829. The first-order valence-corrected chi connectivity index (χ1v) is 18.5. The highest BCUT2D eigenvalue weighted by Gasteiger charge is 2.73. The second-order valence-electron chi connectivity index (χ2n) is 14.3. The highest BCUT2D eigenvalue weighted by Crippen LogP contribution is 2.65. The molecule has 2 heterocycles. The van der Waals surface area contributed by atoms with Crippen molar-refractivity contribution in [3.8, 4) is 11.5 Å².